The Bertz CT molecular complexity index is 1040. The molecule has 0 spiro atoms. The van der Waals surface area contributed by atoms with Gasteiger partial charge in [0.25, 0.3) is 5.91 Å². The maximum atomic E-state index is 13.3. The number of nitrogens with zero attached hydrogens (tertiary/aromatic N) is 2. The first-order chi connectivity index (χ1) is 13.8. The number of para-hydroxylation sites is 1. The highest BCUT2D eigenvalue weighted by atomic mass is 16.5. The molecule has 1 aromatic heterocycles. The fourth-order valence-corrected chi connectivity index (χ4v) is 4.33. The van der Waals surface area contributed by atoms with Crippen LogP contribution in [-0.2, 0) is 17.6 Å². The molecule has 5 rings (SSSR count). The molecule has 0 saturated carbocycles. The van der Waals surface area contributed by atoms with Gasteiger partial charge in [-0.05, 0) is 55.0 Å². The number of fused-ring (bicyclic) bond motifs is 2. The molecule has 4 nitrogen and oxygen atoms in total. The Morgan fingerprint density at radius 2 is 1.71 bits per heavy atom. The van der Waals surface area contributed by atoms with Crippen LogP contribution in [0.4, 0.5) is 0 Å². The van der Waals surface area contributed by atoms with Crippen molar-refractivity contribution in [2.75, 3.05) is 26.3 Å². The summed E-state index contributed by atoms with van der Waals surface area (Å²) in [7, 11) is 0. The summed E-state index contributed by atoms with van der Waals surface area (Å²) in [5.74, 6) is 0.0705. The molecule has 1 aliphatic heterocycles. The van der Waals surface area contributed by atoms with Gasteiger partial charge in [-0.2, -0.15) is 0 Å². The fraction of sp³-hybridized carbons (Fsp3) is 0.333. The maximum Gasteiger partial charge on any atom is 0.254 e. The standard InChI is InChI=1S/C24H24N2O2/c27-24(26-11-13-28-14-12-26)21-16-23(25-22-8-4-3-7-20(21)22)19-10-9-17-5-1-2-6-18(17)15-19/h3-4,7-10,15-16H,1-2,5-6,11-14H2. The van der Waals surface area contributed by atoms with E-state index < -0.39 is 0 Å². The van der Waals surface area contributed by atoms with Crippen LogP contribution in [0.2, 0.25) is 0 Å². The van der Waals surface area contributed by atoms with Crippen molar-refractivity contribution in [3.05, 3.63) is 65.2 Å². The molecular weight excluding hydrogens is 348 g/mol. The number of morpholine rings is 1. The topological polar surface area (TPSA) is 42.4 Å². The van der Waals surface area contributed by atoms with Gasteiger partial charge in [0.2, 0.25) is 0 Å². The molecule has 1 saturated heterocycles. The van der Waals surface area contributed by atoms with Crippen molar-refractivity contribution in [1.29, 1.82) is 0 Å². The Morgan fingerprint density at radius 3 is 2.57 bits per heavy atom. The van der Waals surface area contributed by atoms with Gasteiger partial charge in [0.1, 0.15) is 0 Å². The first-order valence-electron chi connectivity index (χ1n) is 10.2. The van der Waals surface area contributed by atoms with Crippen molar-refractivity contribution in [2.24, 2.45) is 0 Å². The first-order valence-corrected chi connectivity index (χ1v) is 10.2. The molecular formula is C24H24N2O2. The van der Waals surface area contributed by atoms with Crippen molar-refractivity contribution in [3.63, 3.8) is 0 Å². The van der Waals surface area contributed by atoms with Gasteiger partial charge in [-0.25, -0.2) is 4.98 Å². The normalized spacial score (nSPS) is 16.8. The molecule has 3 aromatic rings. The van der Waals surface area contributed by atoms with Gasteiger partial charge < -0.3 is 9.64 Å². The second kappa shape index (κ2) is 7.36. The van der Waals surface area contributed by atoms with Crippen LogP contribution in [0.15, 0.2) is 48.5 Å². The van der Waals surface area contributed by atoms with Crippen LogP contribution < -0.4 is 0 Å². The van der Waals surface area contributed by atoms with Crippen LogP contribution in [0.25, 0.3) is 22.2 Å². The van der Waals surface area contributed by atoms with E-state index in [0.29, 0.717) is 26.3 Å². The lowest BCUT2D eigenvalue weighted by molar-refractivity contribution is 0.0304. The van der Waals surface area contributed by atoms with Crippen LogP contribution in [-0.4, -0.2) is 42.1 Å². The van der Waals surface area contributed by atoms with Gasteiger partial charge in [-0.3, -0.25) is 4.79 Å². The number of rotatable bonds is 2. The van der Waals surface area contributed by atoms with E-state index >= 15 is 0 Å². The van der Waals surface area contributed by atoms with E-state index in [1.807, 2.05) is 35.2 Å². The SMILES string of the molecule is O=C(c1cc(-c2ccc3c(c2)CCCC3)nc2ccccc12)N1CCOCC1. The minimum absolute atomic E-state index is 0.0705. The van der Waals surface area contributed by atoms with Crippen molar-refractivity contribution >= 4 is 16.8 Å². The number of carbonyl (C=O) groups excluding carboxylic acids is 1. The average Bonchev–Trinajstić information content (AvgIpc) is 2.78. The number of aromatic nitrogens is 1. The second-order valence-electron chi connectivity index (χ2n) is 7.67. The lowest BCUT2D eigenvalue weighted by atomic mass is 9.89. The smallest absolute Gasteiger partial charge is 0.254 e. The summed E-state index contributed by atoms with van der Waals surface area (Å²) < 4.78 is 5.41. The average molecular weight is 372 g/mol. The van der Waals surface area contributed by atoms with Gasteiger partial charge in [0.15, 0.2) is 0 Å². The van der Waals surface area contributed by atoms with Crippen LogP contribution in [0.5, 0.6) is 0 Å². The third-order valence-electron chi connectivity index (χ3n) is 5.89. The van der Waals surface area contributed by atoms with E-state index in [1.165, 1.54) is 30.4 Å². The zero-order valence-corrected chi connectivity index (χ0v) is 16.0. The Labute approximate surface area is 165 Å². The van der Waals surface area contributed by atoms with Crippen molar-refractivity contribution in [2.45, 2.75) is 25.7 Å². The van der Waals surface area contributed by atoms with E-state index in [-0.39, 0.29) is 5.91 Å². The van der Waals surface area contributed by atoms with Gasteiger partial charge in [0.05, 0.1) is 30.0 Å². The number of carbonyl (C=O) groups is 1. The number of ether oxygens (including phenoxy) is 1. The van der Waals surface area contributed by atoms with Crippen LogP contribution in [0.1, 0.15) is 34.3 Å². The highest BCUT2D eigenvalue weighted by Crippen LogP contribution is 2.30. The lowest BCUT2D eigenvalue weighted by Crippen LogP contribution is -2.40. The maximum absolute atomic E-state index is 13.3. The fourth-order valence-electron chi connectivity index (χ4n) is 4.33. The van der Waals surface area contributed by atoms with Crippen molar-refractivity contribution in [1.82, 2.24) is 9.88 Å². The van der Waals surface area contributed by atoms with Crippen LogP contribution >= 0.6 is 0 Å². The summed E-state index contributed by atoms with van der Waals surface area (Å²) in [5, 5.41) is 0.917. The second-order valence-corrected chi connectivity index (χ2v) is 7.67. The molecule has 1 amide bonds. The lowest BCUT2D eigenvalue weighted by Gasteiger charge is -2.27. The quantitative estimate of drug-likeness (QED) is 0.675. The molecule has 28 heavy (non-hydrogen) atoms. The molecule has 2 aliphatic rings. The van der Waals surface area contributed by atoms with Crippen molar-refractivity contribution in [3.8, 4) is 11.3 Å². The van der Waals surface area contributed by atoms with E-state index in [0.717, 1.165) is 34.1 Å². The van der Waals surface area contributed by atoms with E-state index in [9.17, 15) is 4.79 Å². The van der Waals surface area contributed by atoms with Crippen LogP contribution in [0.3, 0.4) is 0 Å². The minimum Gasteiger partial charge on any atom is -0.378 e. The minimum atomic E-state index is 0.0705. The Hall–Kier alpha value is -2.72. The highest BCUT2D eigenvalue weighted by molar-refractivity contribution is 6.07. The summed E-state index contributed by atoms with van der Waals surface area (Å²) in [6.45, 7) is 2.49. The Kier molecular flexibility index (Phi) is 4.57. The summed E-state index contributed by atoms with van der Waals surface area (Å²) in [5.41, 5.74) is 6.47. The van der Waals surface area contributed by atoms with Gasteiger partial charge >= 0.3 is 0 Å². The third kappa shape index (κ3) is 3.18. The van der Waals surface area contributed by atoms with E-state index in [1.54, 1.807) is 0 Å². The van der Waals surface area contributed by atoms with E-state index in [2.05, 4.69) is 18.2 Å². The number of hydrogen-bond donors (Lipinski definition) is 0. The van der Waals surface area contributed by atoms with E-state index in [4.69, 9.17) is 9.72 Å². The molecule has 0 atom stereocenters. The van der Waals surface area contributed by atoms with Crippen LogP contribution in [0, 0.1) is 0 Å². The Morgan fingerprint density at radius 1 is 0.929 bits per heavy atom. The number of pyridine rings is 1. The molecule has 0 radical (unpaired) electrons. The van der Waals surface area contributed by atoms with Crippen molar-refractivity contribution < 1.29 is 9.53 Å². The molecule has 2 aromatic carbocycles. The molecule has 1 aliphatic carbocycles. The monoisotopic (exact) mass is 372 g/mol. The predicted octanol–water partition coefficient (Wildman–Crippen LogP) is 4.25. The summed E-state index contributed by atoms with van der Waals surface area (Å²) in [6.07, 6.45) is 4.83. The van der Waals surface area contributed by atoms with Gasteiger partial charge in [0, 0.05) is 24.0 Å². The number of amides is 1. The summed E-state index contributed by atoms with van der Waals surface area (Å²) in [4.78, 5) is 20.1. The molecule has 2 heterocycles. The zero-order chi connectivity index (χ0) is 18.9. The zero-order valence-electron chi connectivity index (χ0n) is 16.0. The number of hydrogen-bond acceptors (Lipinski definition) is 3. The Balaban J connectivity index is 1.61. The highest BCUT2D eigenvalue weighted by Gasteiger charge is 2.22. The molecule has 1 fully saturated rings. The van der Waals surface area contributed by atoms with Gasteiger partial charge in [-0.1, -0.05) is 30.3 Å². The molecule has 4 heteroatoms. The first kappa shape index (κ1) is 17.4. The molecule has 0 N–H and O–H groups in total. The summed E-state index contributed by atoms with van der Waals surface area (Å²) in [6, 6.07) is 16.6. The molecule has 0 unspecified atom stereocenters. The number of benzene rings is 2. The largest absolute Gasteiger partial charge is 0.378 e. The molecule has 142 valence electrons. The summed E-state index contributed by atoms with van der Waals surface area (Å²) >= 11 is 0. The molecule has 0 bridgehead atoms. The number of aryl methyl sites for hydroxylation is 2. The van der Waals surface area contributed by atoms with Gasteiger partial charge in [-0.15, -0.1) is 0 Å². The third-order valence-corrected chi connectivity index (χ3v) is 5.89. The predicted molar refractivity (Wildman–Crippen MR) is 111 cm³/mol.